The van der Waals surface area contributed by atoms with Crippen LogP contribution >= 0.6 is 12.2 Å². The zero-order chi connectivity index (χ0) is 17.6. The highest BCUT2D eigenvalue weighted by atomic mass is 32.1. The van der Waals surface area contributed by atoms with E-state index in [-0.39, 0.29) is 11.3 Å². The van der Waals surface area contributed by atoms with E-state index in [1.165, 1.54) is 6.07 Å². The molecule has 0 unspecified atom stereocenters. The number of ether oxygens (including phenoxy) is 1. The second-order valence-electron chi connectivity index (χ2n) is 5.18. The van der Waals surface area contributed by atoms with Crippen LogP contribution < -0.4 is 5.32 Å². The van der Waals surface area contributed by atoms with E-state index in [9.17, 15) is 18.0 Å². The van der Waals surface area contributed by atoms with E-state index in [1.807, 2.05) is 5.16 Å². The van der Waals surface area contributed by atoms with Gasteiger partial charge in [0.2, 0.25) is 0 Å². The lowest BCUT2D eigenvalue weighted by Gasteiger charge is -2.26. The fourth-order valence-corrected chi connectivity index (χ4v) is 2.38. The second kappa shape index (κ2) is 8.34. The molecule has 9 heteroatoms. The number of morpholine rings is 1. The molecule has 0 radical (unpaired) electrons. The van der Waals surface area contributed by atoms with Crippen molar-refractivity contribution in [2.24, 2.45) is 4.99 Å². The number of nitrogens with one attached hydrogen (secondary N) is 1. The number of amides is 1. The summed E-state index contributed by atoms with van der Waals surface area (Å²) in [4.78, 5) is 17.8. The molecule has 2 rings (SSSR count). The third-order valence-electron chi connectivity index (χ3n) is 3.50. The molecule has 1 saturated heterocycles. The van der Waals surface area contributed by atoms with Crippen LogP contribution in [0, 0.1) is 0 Å². The highest BCUT2D eigenvalue weighted by Crippen LogP contribution is 2.32. The fourth-order valence-electron chi connectivity index (χ4n) is 2.28. The normalized spacial score (nSPS) is 15.6. The Morgan fingerprint density at radius 3 is 2.67 bits per heavy atom. The minimum absolute atomic E-state index is 0.0573. The summed E-state index contributed by atoms with van der Waals surface area (Å²) in [5.41, 5.74) is -1.12. The Morgan fingerprint density at radius 2 is 2.04 bits per heavy atom. The van der Waals surface area contributed by atoms with E-state index in [0.717, 1.165) is 25.2 Å². The van der Waals surface area contributed by atoms with Crippen LogP contribution in [0.1, 0.15) is 15.9 Å². The third-order valence-corrected chi connectivity index (χ3v) is 3.59. The number of benzene rings is 1. The van der Waals surface area contributed by atoms with Gasteiger partial charge in [0.1, 0.15) is 0 Å². The lowest BCUT2D eigenvalue weighted by molar-refractivity contribution is -0.137. The monoisotopic (exact) mass is 359 g/mol. The number of carbonyl (C=O) groups excluding carboxylic acids is 1. The molecule has 1 heterocycles. The number of hydrogen-bond donors (Lipinski definition) is 1. The molecular weight excluding hydrogens is 343 g/mol. The van der Waals surface area contributed by atoms with Crippen molar-refractivity contribution in [3.63, 3.8) is 0 Å². The van der Waals surface area contributed by atoms with Gasteiger partial charge in [-0.05, 0) is 30.4 Å². The maximum Gasteiger partial charge on any atom is 0.416 e. The van der Waals surface area contributed by atoms with Crippen LogP contribution in [0.2, 0.25) is 0 Å². The average Bonchev–Trinajstić information content (AvgIpc) is 2.55. The first kappa shape index (κ1) is 18.5. The van der Waals surface area contributed by atoms with Gasteiger partial charge in [-0.1, -0.05) is 0 Å². The number of alkyl halides is 3. The number of halogens is 3. The number of hydrogen-bond acceptors (Lipinski definition) is 5. The molecule has 1 N–H and O–H groups in total. The molecule has 0 aromatic heterocycles. The lowest BCUT2D eigenvalue weighted by atomic mass is 10.1. The summed E-state index contributed by atoms with van der Waals surface area (Å²) >= 11 is 4.41. The first-order valence-corrected chi connectivity index (χ1v) is 7.69. The minimum atomic E-state index is -4.57. The molecule has 130 valence electrons. The van der Waals surface area contributed by atoms with Crippen molar-refractivity contribution in [1.82, 2.24) is 10.2 Å². The van der Waals surface area contributed by atoms with Crippen LogP contribution in [0.4, 0.5) is 18.9 Å². The van der Waals surface area contributed by atoms with E-state index in [0.29, 0.717) is 26.3 Å². The van der Waals surface area contributed by atoms with Crippen molar-refractivity contribution in [2.75, 3.05) is 39.4 Å². The molecule has 24 heavy (non-hydrogen) atoms. The van der Waals surface area contributed by atoms with Gasteiger partial charge in [0.15, 0.2) is 0 Å². The van der Waals surface area contributed by atoms with Crippen LogP contribution in [0.5, 0.6) is 0 Å². The average molecular weight is 359 g/mol. The maximum atomic E-state index is 12.9. The SMILES string of the molecule is O=C(NCCN1CCOCC1)c1cc(N=C=S)cc(C(F)(F)F)c1. The van der Waals surface area contributed by atoms with Gasteiger partial charge in [-0.3, -0.25) is 9.69 Å². The van der Waals surface area contributed by atoms with Crippen molar-refractivity contribution in [2.45, 2.75) is 6.18 Å². The van der Waals surface area contributed by atoms with E-state index < -0.39 is 17.6 Å². The number of rotatable bonds is 5. The zero-order valence-corrected chi connectivity index (χ0v) is 13.5. The number of isothiocyanates is 1. The van der Waals surface area contributed by atoms with E-state index in [2.05, 4.69) is 27.4 Å². The lowest BCUT2D eigenvalue weighted by Crippen LogP contribution is -2.41. The van der Waals surface area contributed by atoms with Gasteiger partial charge >= 0.3 is 6.18 Å². The summed E-state index contributed by atoms with van der Waals surface area (Å²) < 4.78 is 43.9. The van der Waals surface area contributed by atoms with Crippen LogP contribution in [-0.4, -0.2) is 55.4 Å². The van der Waals surface area contributed by atoms with Gasteiger partial charge in [0, 0.05) is 31.7 Å². The van der Waals surface area contributed by atoms with Gasteiger partial charge in [-0.15, -0.1) is 0 Å². The van der Waals surface area contributed by atoms with Gasteiger partial charge in [0.05, 0.1) is 29.6 Å². The first-order chi connectivity index (χ1) is 11.4. The number of aliphatic imine (C=N–C) groups is 1. The molecule has 0 bridgehead atoms. The molecule has 0 aliphatic carbocycles. The van der Waals surface area contributed by atoms with E-state index >= 15 is 0 Å². The molecule has 1 aliphatic heterocycles. The van der Waals surface area contributed by atoms with Gasteiger partial charge in [-0.2, -0.15) is 18.2 Å². The summed E-state index contributed by atoms with van der Waals surface area (Å²) in [5.74, 6) is -0.588. The molecule has 0 saturated carbocycles. The molecule has 1 aromatic rings. The molecule has 1 aromatic carbocycles. The number of thiocarbonyl (C=S) groups is 1. The summed E-state index contributed by atoms with van der Waals surface area (Å²) in [6.45, 7) is 3.76. The van der Waals surface area contributed by atoms with Crippen LogP contribution in [0.15, 0.2) is 23.2 Å². The van der Waals surface area contributed by atoms with Crippen molar-refractivity contribution < 1.29 is 22.7 Å². The van der Waals surface area contributed by atoms with Gasteiger partial charge < -0.3 is 10.1 Å². The predicted octanol–water partition coefficient (Wildman–Crippen LogP) is 2.50. The van der Waals surface area contributed by atoms with E-state index in [4.69, 9.17) is 4.74 Å². The topological polar surface area (TPSA) is 53.9 Å². The summed E-state index contributed by atoms with van der Waals surface area (Å²) in [6.07, 6.45) is -4.57. The summed E-state index contributed by atoms with van der Waals surface area (Å²) in [5, 5.41) is 4.62. The predicted molar refractivity (Wildman–Crippen MR) is 85.7 cm³/mol. The zero-order valence-electron chi connectivity index (χ0n) is 12.7. The largest absolute Gasteiger partial charge is 0.416 e. The number of carbonyl (C=O) groups is 1. The summed E-state index contributed by atoms with van der Waals surface area (Å²) in [6, 6.07) is 2.87. The Hall–Kier alpha value is -1.80. The minimum Gasteiger partial charge on any atom is -0.379 e. The maximum absolute atomic E-state index is 12.9. The standard InChI is InChI=1S/C15H16F3N3O2S/c16-15(17,18)12-7-11(8-13(9-12)20-10-24)14(22)19-1-2-21-3-5-23-6-4-21/h7-9H,1-6H2,(H,19,22). The molecule has 0 atom stereocenters. The quantitative estimate of drug-likeness (QED) is 0.648. The van der Waals surface area contributed by atoms with Crippen molar-refractivity contribution in [3.05, 3.63) is 29.3 Å². The molecule has 0 spiro atoms. The Kier molecular flexibility index (Phi) is 6.44. The van der Waals surface area contributed by atoms with E-state index in [1.54, 1.807) is 0 Å². The van der Waals surface area contributed by atoms with Gasteiger partial charge in [-0.25, -0.2) is 0 Å². The Labute approximate surface area is 142 Å². The van der Waals surface area contributed by atoms with Crippen LogP contribution in [-0.2, 0) is 10.9 Å². The second-order valence-corrected chi connectivity index (χ2v) is 5.36. The smallest absolute Gasteiger partial charge is 0.379 e. The van der Waals surface area contributed by atoms with Crippen LogP contribution in [0.3, 0.4) is 0 Å². The highest BCUT2D eigenvalue weighted by molar-refractivity contribution is 7.78. The Bertz CT molecular complexity index is 639. The third kappa shape index (κ3) is 5.38. The first-order valence-electron chi connectivity index (χ1n) is 7.28. The summed E-state index contributed by atoms with van der Waals surface area (Å²) in [7, 11) is 0. The molecule has 1 amide bonds. The molecular formula is C15H16F3N3O2S. The van der Waals surface area contributed by atoms with Gasteiger partial charge in [0.25, 0.3) is 5.91 Å². The van der Waals surface area contributed by atoms with Crippen molar-refractivity contribution in [1.29, 1.82) is 0 Å². The Morgan fingerprint density at radius 1 is 1.33 bits per heavy atom. The molecule has 1 fully saturated rings. The molecule has 1 aliphatic rings. The number of nitrogens with zero attached hydrogens (tertiary/aromatic N) is 2. The van der Waals surface area contributed by atoms with Crippen LogP contribution in [0.25, 0.3) is 0 Å². The molecule has 5 nitrogen and oxygen atoms in total. The Balaban J connectivity index is 2.04. The van der Waals surface area contributed by atoms with Crippen molar-refractivity contribution in [3.8, 4) is 0 Å². The highest BCUT2D eigenvalue weighted by Gasteiger charge is 2.31. The van der Waals surface area contributed by atoms with Crippen molar-refractivity contribution >= 4 is 29.0 Å². The fraction of sp³-hybridized carbons (Fsp3) is 0.467.